The van der Waals surface area contributed by atoms with E-state index in [1.165, 1.54) is 18.6 Å². The zero-order valence-corrected chi connectivity index (χ0v) is 6.21. The summed E-state index contributed by atoms with van der Waals surface area (Å²) >= 11 is 1.95. The molecule has 0 spiro atoms. The third kappa shape index (κ3) is 2.30. The molecule has 1 aliphatic heterocycles. The van der Waals surface area contributed by atoms with Gasteiger partial charge < -0.3 is 5.73 Å². The van der Waals surface area contributed by atoms with Crippen LogP contribution in [-0.4, -0.2) is 17.5 Å². The minimum Gasteiger partial charge on any atom is -0.320 e. The number of rotatable bonds is 0. The maximum Gasteiger partial charge on any atom is 0.0657 e. The van der Waals surface area contributed by atoms with E-state index in [1.807, 2.05) is 11.8 Å². The molecule has 1 atom stereocenters. The summed E-state index contributed by atoms with van der Waals surface area (Å²) < 4.78 is 0. The lowest BCUT2D eigenvalue weighted by Crippen LogP contribution is -1.96. The first-order valence-electron chi connectivity index (χ1n) is 3.23. The summed E-state index contributed by atoms with van der Waals surface area (Å²) in [5.74, 6) is 7.30. The smallest absolute Gasteiger partial charge is 0.0657 e. The highest BCUT2D eigenvalue weighted by Gasteiger charge is 2.11. The van der Waals surface area contributed by atoms with Crippen LogP contribution in [0.4, 0.5) is 0 Å². The van der Waals surface area contributed by atoms with Crippen LogP contribution in [0.5, 0.6) is 0 Å². The molecule has 0 bridgehead atoms. The van der Waals surface area contributed by atoms with Crippen molar-refractivity contribution in [3.05, 3.63) is 0 Å². The Balaban J connectivity index is 2.26. The van der Waals surface area contributed by atoms with E-state index in [0.717, 1.165) is 0 Å². The van der Waals surface area contributed by atoms with Crippen LogP contribution >= 0.6 is 11.8 Å². The van der Waals surface area contributed by atoms with Crippen LogP contribution in [0.3, 0.4) is 0 Å². The van der Waals surface area contributed by atoms with E-state index in [4.69, 9.17) is 5.73 Å². The van der Waals surface area contributed by atoms with E-state index in [0.29, 0.717) is 11.8 Å². The predicted molar refractivity (Wildman–Crippen MR) is 42.3 cm³/mol. The maximum absolute atomic E-state index is 5.22. The third-order valence-electron chi connectivity index (χ3n) is 1.29. The molecule has 2 heteroatoms. The molecule has 1 rings (SSSR count). The van der Waals surface area contributed by atoms with Gasteiger partial charge in [-0.2, -0.15) is 0 Å². The van der Waals surface area contributed by atoms with Gasteiger partial charge in [0.05, 0.1) is 11.8 Å². The minimum absolute atomic E-state index is 0.511. The molecule has 0 aromatic rings. The maximum atomic E-state index is 5.22. The van der Waals surface area contributed by atoms with Gasteiger partial charge in [-0.05, 0) is 18.6 Å². The van der Waals surface area contributed by atoms with Crippen LogP contribution in [0.2, 0.25) is 0 Å². The molecule has 1 saturated heterocycles. The minimum atomic E-state index is 0.511. The van der Waals surface area contributed by atoms with Crippen molar-refractivity contribution >= 4 is 11.8 Å². The van der Waals surface area contributed by atoms with Gasteiger partial charge in [0.15, 0.2) is 0 Å². The number of hydrogen-bond acceptors (Lipinski definition) is 2. The highest BCUT2D eigenvalue weighted by Crippen LogP contribution is 2.24. The Morgan fingerprint density at radius 3 is 3.11 bits per heavy atom. The zero-order valence-electron chi connectivity index (χ0n) is 5.39. The van der Waals surface area contributed by atoms with Gasteiger partial charge in [-0.25, -0.2) is 0 Å². The van der Waals surface area contributed by atoms with Gasteiger partial charge >= 0.3 is 0 Å². The van der Waals surface area contributed by atoms with E-state index in [2.05, 4.69) is 11.8 Å². The van der Waals surface area contributed by atoms with E-state index in [1.54, 1.807) is 0 Å². The van der Waals surface area contributed by atoms with E-state index in [-0.39, 0.29) is 0 Å². The van der Waals surface area contributed by atoms with Crippen LogP contribution in [-0.2, 0) is 0 Å². The lowest BCUT2D eigenvalue weighted by atomic mass is 10.2. The second-order valence-electron chi connectivity index (χ2n) is 2.03. The monoisotopic (exact) mass is 141 g/mol. The lowest BCUT2D eigenvalue weighted by Gasteiger charge is -1.93. The molecule has 0 saturated carbocycles. The van der Waals surface area contributed by atoms with Crippen molar-refractivity contribution in [2.75, 3.05) is 12.3 Å². The Morgan fingerprint density at radius 1 is 1.67 bits per heavy atom. The molecule has 1 fully saturated rings. The van der Waals surface area contributed by atoms with Gasteiger partial charge in [0.25, 0.3) is 0 Å². The first-order valence-corrected chi connectivity index (χ1v) is 4.28. The number of nitrogens with two attached hydrogens (primary N) is 1. The van der Waals surface area contributed by atoms with Crippen molar-refractivity contribution in [3.8, 4) is 11.8 Å². The molecule has 2 N–H and O–H groups in total. The SMILES string of the molecule is NCC#CC1CCCS1. The summed E-state index contributed by atoms with van der Waals surface area (Å²) in [6.07, 6.45) is 2.59. The Morgan fingerprint density at radius 2 is 2.56 bits per heavy atom. The fourth-order valence-electron chi connectivity index (χ4n) is 0.864. The second kappa shape index (κ2) is 3.81. The van der Waals surface area contributed by atoms with Gasteiger partial charge in [0.2, 0.25) is 0 Å². The fraction of sp³-hybridized carbons (Fsp3) is 0.714. The number of thioether (sulfide) groups is 1. The molecule has 0 aliphatic carbocycles. The fourth-order valence-corrected chi connectivity index (χ4v) is 1.98. The molecular weight excluding hydrogens is 130 g/mol. The Bertz CT molecular complexity index is 128. The lowest BCUT2D eigenvalue weighted by molar-refractivity contribution is 0.893. The van der Waals surface area contributed by atoms with Crippen molar-refractivity contribution in [1.82, 2.24) is 0 Å². The van der Waals surface area contributed by atoms with Gasteiger partial charge in [-0.3, -0.25) is 0 Å². The topological polar surface area (TPSA) is 26.0 Å². The Labute approximate surface area is 60.4 Å². The van der Waals surface area contributed by atoms with Crippen molar-refractivity contribution in [2.45, 2.75) is 18.1 Å². The van der Waals surface area contributed by atoms with Crippen molar-refractivity contribution in [2.24, 2.45) is 5.73 Å². The Kier molecular flexibility index (Phi) is 2.96. The van der Waals surface area contributed by atoms with Gasteiger partial charge in [0.1, 0.15) is 0 Å². The first-order chi connectivity index (χ1) is 4.43. The standard InChI is InChI=1S/C7H11NS/c8-5-1-3-7-4-2-6-9-7/h7H,2,4-6,8H2. The van der Waals surface area contributed by atoms with Crippen molar-refractivity contribution < 1.29 is 0 Å². The molecule has 0 aromatic heterocycles. The van der Waals surface area contributed by atoms with Crippen LogP contribution in [0.25, 0.3) is 0 Å². The second-order valence-corrected chi connectivity index (χ2v) is 3.34. The average molecular weight is 141 g/mol. The van der Waals surface area contributed by atoms with Gasteiger partial charge in [-0.1, -0.05) is 11.8 Å². The largest absolute Gasteiger partial charge is 0.320 e. The molecule has 0 aromatic carbocycles. The van der Waals surface area contributed by atoms with Crippen molar-refractivity contribution in [1.29, 1.82) is 0 Å². The molecule has 1 unspecified atom stereocenters. The predicted octanol–water partition coefficient (Wildman–Crippen LogP) is 0.844. The molecule has 1 nitrogen and oxygen atoms in total. The van der Waals surface area contributed by atoms with Crippen molar-refractivity contribution in [3.63, 3.8) is 0 Å². The molecular formula is C7H11NS. The third-order valence-corrected chi connectivity index (χ3v) is 2.58. The van der Waals surface area contributed by atoms with Gasteiger partial charge in [0, 0.05) is 0 Å². The molecule has 0 radical (unpaired) electrons. The van der Waals surface area contributed by atoms with E-state index < -0.39 is 0 Å². The van der Waals surface area contributed by atoms with Crippen LogP contribution in [0, 0.1) is 11.8 Å². The summed E-state index contributed by atoms with van der Waals surface area (Å²) in [5, 5.41) is 0.591. The first kappa shape index (κ1) is 6.98. The summed E-state index contributed by atoms with van der Waals surface area (Å²) in [4.78, 5) is 0. The summed E-state index contributed by atoms with van der Waals surface area (Å²) in [5.41, 5.74) is 5.22. The highest BCUT2D eigenvalue weighted by atomic mass is 32.2. The van der Waals surface area contributed by atoms with Gasteiger partial charge in [-0.15, -0.1) is 11.8 Å². The summed E-state index contributed by atoms with van der Waals surface area (Å²) in [6, 6.07) is 0. The summed E-state index contributed by atoms with van der Waals surface area (Å²) in [6.45, 7) is 0.511. The van der Waals surface area contributed by atoms with Crippen LogP contribution in [0.1, 0.15) is 12.8 Å². The molecule has 1 heterocycles. The Hall–Kier alpha value is -0.130. The quantitative estimate of drug-likeness (QED) is 0.506. The van der Waals surface area contributed by atoms with Crippen LogP contribution < -0.4 is 5.73 Å². The number of hydrogen-bond donors (Lipinski definition) is 1. The van der Waals surface area contributed by atoms with Crippen LogP contribution in [0.15, 0.2) is 0 Å². The molecule has 1 aliphatic rings. The van der Waals surface area contributed by atoms with E-state index in [9.17, 15) is 0 Å². The normalized spacial score (nSPS) is 25.2. The zero-order chi connectivity index (χ0) is 6.53. The molecule has 0 amide bonds. The highest BCUT2D eigenvalue weighted by molar-refractivity contribution is 8.00. The summed E-state index contributed by atoms with van der Waals surface area (Å²) in [7, 11) is 0. The average Bonchev–Trinajstić information content (AvgIpc) is 2.34. The molecule has 50 valence electrons. The molecule has 9 heavy (non-hydrogen) atoms. The van der Waals surface area contributed by atoms with E-state index >= 15 is 0 Å².